The van der Waals surface area contributed by atoms with Gasteiger partial charge in [0.05, 0.1) is 29.8 Å². The number of aryl methyl sites for hydroxylation is 1. The van der Waals surface area contributed by atoms with Crippen molar-refractivity contribution in [2.75, 3.05) is 51.3 Å². The summed E-state index contributed by atoms with van der Waals surface area (Å²) < 4.78 is 5.54. The molecule has 2 fully saturated rings. The van der Waals surface area contributed by atoms with E-state index in [4.69, 9.17) is 16.3 Å². The van der Waals surface area contributed by atoms with E-state index < -0.39 is 0 Å². The van der Waals surface area contributed by atoms with Crippen LogP contribution in [0.15, 0.2) is 36.5 Å². The Morgan fingerprint density at radius 3 is 2.52 bits per heavy atom. The molecule has 4 rings (SSSR count). The second-order valence-corrected chi connectivity index (χ2v) is 8.77. The van der Waals surface area contributed by atoms with Crippen LogP contribution in [0.5, 0.6) is 0 Å². The highest BCUT2D eigenvalue weighted by atomic mass is 35.5. The minimum atomic E-state index is 0.0199. The van der Waals surface area contributed by atoms with E-state index in [-0.39, 0.29) is 11.9 Å². The Balaban J connectivity index is 1.46. The van der Waals surface area contributed by atoms with Crippen molar-refractivity contribution in [2.45, 2.75) is 32.2 Å². The minimum Gasteiger partial charge on any atom is -0.379 e. The van der Waals surface area contributed by atoms with Crippen LogP contribution >= 0.6 is 11.6 Å². The molecule has 166 valence electrons. The van der Waals surface area contributed by atoms with Gasteiger partial charge in [0, 0.05) is 38.9 Å². The molecule has 6 nitrogen and oxygen atoms in total. The van der Waals surface area contributed by atoms with Crippen molar-refractivity contribution < 1.29 is 9.53 Å². The molecular formula is C24H31ClN4O2. The lowest BCUT2D eigenvalue weighted by Crippen LogP contribution is -2.41. The molecule has 2 aliphatic rings. The fourth-order valence-corrected chi connectivity index (χ4v) is 4.53. The molecule has 1 aromatic carbocycles. The number of anilines is 1. The average molecular weight is 443 g/mol. The Bertz CT molecular complexity index is 878. The Kier molecular flexibility index (Phi) is 7.43. The zero-order valence-electron chi connectivity index (χ0n) is 18.1. The van der Waals surface area contributed by atoms with Crippen LogP contribution in [0.1, 0.15) is 46.8 Å². The van der Waals surface area contributed by atoms with Gasteiger partial charge in [-0.15, -0.1) is 0 Å². The van der Waals surface area contributed by atoms with Crippen molar-refractivity contribution in [1.82, 2.24) is 14.8 Å². The Morgan fingerprint density at radius 1 is 1.13 bits per heavy atom. The van der Waals surface area contributed by atoms with Gasteiger partial charge in [0.1, 0.15) is 5.82 Å². The topological polar surface area (TPSA) is 57.7 Å². The van der Waals surface area contributed by atoms with Crippen molar-refractivity contribution >= 4 is 23.3 Å². The molecule has 3 heterocycles. The quantitative estimate of drug-likeness (QED) is 0.728. The summed E-state index contributed by atoms with van der Waals surface area (Å²) in [6, 6.07) is 10.6. The molecule has 0 spiro atoms. The van der Waals surface area contributed by atoms with Gasteiger partial charge in [0.2, 0.25) is 0 Å². The summed E-state index contributed by atoms with van der Waals surface area (Å²) >= 11 is 6.52. The molecule has 7 heteroatoms. The van der Waals surface area contributed by atoms with Gasteiger partial charge in [-0.2, -0.15) is 0 Å². The lowest BCUT2D eigenvalue weighted by Gasteiger charge is -2.35. The number of hydrogen-bond donors (Lipinski definition) is 1. The summed E-state index contributed by atoms with van der Waals surface area (Å²) in [5.41, 5.74) is 3.06. The first-order valence-electron chi connectivity index (χ1n) is 11.2. The highest BCUT2D eigenvalue weighted by Crippen LogP contribution is 2.26. The number of hydrogen-bond acceptors (Lipinski definition) is 5. The monoisotopic (exact) mass is 442 g/mol. The fourth-order valence-electron chi connectivity index (χ4n) is 4.29. The molecule has 2 aromatic rings. The molecule has 1 atom stereocenters. The van der Waals surface area contributed by atoms with Crippen molar-refractivity contribution in [3.05, 3.63) is 58.2 Å². The van der Waals surface area contributed by atoms with Crippen molar-refractivity contribution in [1.29, 1.82) is 0 Å². The van der Waals surface area contributed by atoms with E-state index in [0.29, 0.717) is 22.9 Å². The Morgan fingerprint density at radius 2 is 1.84 bits per heavy atom. The van der Waals surface area contributed by atoms with E-state index in [1.165, 1.54) is 17.5 Å². The summed E-state index contributed by atoms with van der Waals surface area (Å²) in [7, 11) is 0. The highest BCUT2D eigenvalue weighted by Gasteiger charge is 2.24. The first-order valence-corrected chi connectivity index (χ1v) is 11.6. The lowest BCUT2D eigenvalue weighted by molar-refractivity contribution is 0.0187. The second-order valence-electron chi connectivity index (χ2n) is 8.36. The summed E-state index contributed by atoms with van der Waals surface area (Å²) in [4.78, 5) is 21.6. The summed E-state index contributed by atoms with van der Waals surface area (Å²) in [5, 5.41) is 3.90. The summed E-state index contributed by atoms with van der Waals surface area (Å²) in [6.07, 6.45) is 4.96. The average Bonchev–Trinajstić information content (AvgIpc) is 2.82. The van der Waals surface area contributed by atoms with Crippen LogP contribution in [0.25, 0.3) is 0 Å². The van der Waals surface area contributed by atoms with Crippen molar-refractivity contribution in [2.24, 2.45) is 0 Å². The van der Waals surface area contributed by atoms with Crippen LogP contribution in [0.4, 0.5) is 5.82 Å². The number of nitrogens with one attached hydrogen (secondary N) is 1. The van der Waals surface area contributed by atoms with Crippen LogP contribution in [-0.4, -0.2) is 66.6 Å². The standard InChI is InChI=1S/C24H31ClN4O2/c1-18-5-7-19(8-6-18)22(28-11-13-31-14-12-28)17-27-23-21(25)15-20(16-26-23)24(30)29-9-3-2-4-10-29/h5-8,15-16,22H,2-4,9-14,17H2,1H3,(H,26,27). The highest BCUT2D eigenvalue weighted by molar-refractivity contribution is 6.33. The zero-order valence-corrected chi connectivity index (χ0v) is 18.9. The fraction of sp³-hybridized carbons (Fsp3) is 0.500. The molecule has 0 radical (unpaired) electrons. The number of piperidine rings is 1. The third-order valence-corrected chi connectivity index (χ3v) is 6.43. The maximum Gasteiger partial charge on any atom is 0.255 e. The Hall–Kier alpha value is -2.15. The first kappa shape index (κ1) is 22.1. The number of morpholine rings is 1. The first-order chi connectivity index (χ1) is 15.1. The largest absolute Gasteiger partial charge is 0.379 e. The van der Waals surface area contributed by atoms with E-state index in [1.54, 1.807) is 12.3 Å². The van der Waals surface area contributed by atoms with Gasteiger partial charge in [-0.1, -0.05) is 41.4 Å². The number of ether oxygens (including phenoxy) is 1. The lowest BCUT2D eigenvalue weighted by atomic mass is 10.0. The van der Waals surface area contributed by atoms with Gasteiger partial charge in [-0.05, 0) is 37.8 Å². The van der Waals surface area contributed by atoms with E-state index >= 15 is 0 Å². The molecule has 0 bridgehead atoms. The molecule has 1 amide bonds. The van der Waals surface area contributed by atoms with Crippen LogP contribution in [0, 0.1) is 6.92 Å². The minimum absolute atomic E-state index is 0.0199. The molecule has 1 N–H and O–H groups in total. The third kappa shape index (κ3) is 5.56. The third-order valence-electron chi connectivity index (χ3n) is 6.14. The molecule has 0 aliphatic carbocycles. The summed E-state index contributed by atoms with van der Waals surface area (Å²) in [5.74, 6) is 0.633. The van der Waals surface area contributed by atoms with E-state index in [0.717, 1.165) is 52.2 Å². The molecule has 2 saturated heterocycles. The second kappa shape index (κ2) is 10.4. The molecule has 2 aliphatic heterocycles. The number of rotatable bonds is 6. The van der Waals surface area contributed by atoms with E-state index in [2.05, 4.69) is 46.4 Å². The van der Waals surface area contributed by atoms with Gasteiger partial charge in [0.25, 0.3) is 5.91 Å². The zero-order chi connectivity index (χ0) is 21.6. The SMILES string of the molecule is Cc1ccc(C(CNc2ncc(C(=O)N3CCCCC3)cc2Cl)N2CCOCC2)cc1. The maximum absolute atomic E-state index is 12.7. The predicted molar refractivity (Wildman–Crippen MR) is 124 cm³/mol. The number of pyridine rings is 1. The summed E-state index contributed by atoms with van der Waals surface area (Å²) in [6.45, 7) is 7.68. The van der Waals surface area contributed by atoms with Gasteiger partial charge in [-0.25, -0.2) is 4.98 Å². The molecular weight excluding hydrogens is 412 g/mol. The smallest absolute Gasteiger partial charge is 0.255 e. The van der Waals surface area contributed by atoms with Gasteiger partial charge in [0.15, 0.2) is 0 Å². The van der Waals surface area contributed by atoms with Crippen LogP contribution < -0.4 is 5.32 Å². The van der Waals surface area contributed by atoms with Gasteiger partial charge in [-0.3, -0.25) is 9.69 Å². The number of benzene rings is 1. The van der Waals surface area contributed by atoms with Gasteiger partial charge >= 0.3 is 0 Å². The van der Waals surface area contributed by atoms with E-state index in [1.807, 2.05) is 4.90 Å². The number of carbonyl (C=O) groups excluding carboxylic acids is 1. The number of nitrogens with zero attached hydrogens (tertiary/aromatic N) is 3. The molecule has 1 aromatic heterocycles. The number of amides is 1. The van der Waals surface area contributed by atoms with Crippen LogP contribution in [0.2, 0.25) is 5.02 Å². The van der Waals surface area contributed by atoms with Crippen LogP contribution in [0.3, 0.4) is 0 Å². The number of aromatic nitrogens is 1. The number of likely N-dealkylation sites (tertiary alicyclic amines) is 1. The number of halogens is 1. The van der Waals surface area contributed by atoms with Crippen molar-refractivity contribution in [3.63, 3.8) is 0 Å². The molecule has 1 unspecified atom stereocenters. The number of carbonyl (C=O) groups is 1. The molecule has 0 saturated carbocycles. The predicted octanol–water partition coefficient (Wildman–Crippen LogP) is 4.15. The van der Waals surface area contributed by atoms with Gasteiger partial charge < -0.3 is 15.0 Å². The normalized spacial score (nSPS) is 18.6. The molecule has 31 heavy (non-hydrogen) atoms. The Labute approximate surface area is 189 Å². The van der Waals surface area contributed by atoms with Crippen LogP contribution in [-0.2, 0) is 4.74 Å². The van der Waals surface area contributed by atoms with Crippen molar-refractivity contribution in [3.8, 4) is 0 Å². The van der Waals surface area contributed by atoms with E-state index in [9.17, 15) is 4.79 Å². The maximum atomic E-state index is 12.7.